The minimum Gasteiger partial charge on any atom is -0.485 e. The molecule has 118 valence electrons. The van der Waals surface area contributed by atoms with Gasteiger partial charge in [-0.3, -0.25) is 0 Å². The lowest BCUT2D eigenvalue weighted by Crippen LogP contribution is -2.57. The van der Waals surface area contributed by atoms with E-state index in [1.165, 1.54) is 0 Å². The minimum atomic E-state index is -0.485. The quantitative estimate of drug-likeness (QED) is 0.899. The summed E-state index contributed by atoms with van der Waals surface area (Å²) in [5, 5.41) is 4.03. The van der Waals surface area contributed by atoms with Gasteiger partial charge in [0, 0.05) is 0 Å². The van der Waals surface area contributed by atoms with Gasteiger partial charge >= 0.3 is 6.09 Å². The van der Waals surface area contributed by atoms with E-state index in [0.29, 0.717) is 24.5 Å². The summed E-state index contributed by atoms with van der Waals surface area (Å²) in [6, 6.07) is 3.59. The SMILES string of the molecule is CC(C)(C)OC(=O)N1CC(Oc2ccc3nc(N)nn3c2)C1. The molecule has 3 rings (SSSR count). The van der Waals surface area contributed by atoms with E-state index in [2.05, 4.69) is 10.1 Å². The van der Waals surface area contributed by atoms with Gasteiger partial charge in [0.2, 0.25) is 5.95 Å². The first-order valence-electron chi connectivity index (χ1n) is 7.07. The molecule has 1 fully saturated rings. The third-order valence-corrected chi connectivity index (χ3v) is 3.12. The summed E-state index contributed by atoms with van der Waals surface area (Å²) in [4.78, 5) is 17.5. The fourth-order valence-electron chi connectivity index (χ4n) is 2.13. The number of aromatic nitrogens is 3. The molecule has 0 unspecified atom stereocenters. The summed E-state index contributed by atoms with van der Waals surface area (Å²) in [7, 11) is 0. The van der Waals surface area contributed by atoms with Crippen LogP contribution >= 0.6 is 0 Å². The summed E-state index contributed by atoms with van der Waals surface area (Å²) in [6.07, 6.45) is 1.35. The number of carbonyl (C=O) groups excluding carboxylic acids is 1. The van der Waals surface area contributed by atoms with Crippen molar-refractivity contribution < 1.29 is 14.3 Å². The van der Waals surface area contributed by atoms with Crippen molar-refractivity contribution in [3.8, 4) is 5.75 Å². The van der Waals surface area contributed by atoms with Crippen LogP contribution in [0.15, 0.2) is 18.3 Å². The Balaban J connectivity index is 1.56. The lowest BCUT2D eigenvalue weighted by molar-refractivity contribution is -0.0222. The summed E-state index contributed by atoms with van der Waals surface area (Å²) < 4.78 is 12.7. The average Bonchev–Trinajstić information content (AvgIpc) is 2.70. The molecule has 0 radical (unpaired) electrons. The van der Waals surface area contributed by atoms with Crippen LogP contribution in [0.2, 0.25) is 0 Å². The van der Waals surface area contributed by atoms with E-state index in [9.17, 15) is 4.79 Å². The van der Waals surface area contributed by atoms with E-state index in [1.54, 1.807) is 27.7 Å². The lowest BCUT2D eigenvalue weighted by Gasteiger charge is -2.39. The maximum atomic E-state index is 11.8. The first-order chi connectivity index (χ1) is 10.3. The standard InChI is InChI=1S/C14H19N5O3/c1-14(2,3)22-13(20)18-6-10(7-18)21-9-4-5-11-16-12(15)17-19(11)8-9/h4-5,8,10H,6-7H2,1-3H3,(H2,15,17). The summed E-state index contributed by atoms with van der Waals surface area (Å²) >= 11 is 0. The van der Waals surface area contributed by atoms with Gasteiger partial charge < -0.3 is 20.1 Å². The van der Waals surface area contributed by atoms with Gasteiger partial charge in [0.05, 0.1) is 19.3 Å². The first kappa shape index (κ1) is 14.4. The van der Waals surface area contributed by atoms with Crippen LogP contribution in [0.25, 0.3) is 5.65 Å². The summed E-state index contributed by atoms with van der Waals surface area (Å²) in [6.45, 7) is 6.55. The monoisotopic (exact) mass is 305 g/mol. The largest absolute Gasteiger partial charge is 0.485 e. The molecule has 0 saturated carbocycles. The third-order valence-electron chi connectivity index (χ3n) is 3.12. The number of ether oxygens (including phenoxy) is 2. The number of carbonyl (C=O) groups is 1. The van der Waals surface area contributed by atoms with Crippen molar-refractivity contribution >= 4 is 17.7 Å². The number of fused-ring (bicyclic) bond motifs is 1. The number of hydrogen-bond donors (Lipinski definition) is 1. The van der Waals surface area contributed by atoms with Crippen molar-refractivity contribution in [3.05, 3.63) is 18.3 Å². The number of anilines is 1. The molecule has 1 amide bonds. The van der Waals surface area contributed by atoms with Gasteiger partial charge in [-0.05, 0) is 32.9 Å². The molecule has 0 aromatic carbocycles. The zero-order valence-electron chi connectivity index (χ0n) is 12.8. The van der Waals surface area contributed by atoms with E-state index in [0.717, 1.165) is 0 Å². The Morgan fingerprint density at radius 3 is 2.77 bits per heavy atom. The summed E-state index contributed by atoms with van der Waals surface area (Å²) in [5.74, 6) is 0.878. The van der Waals surface area contributed by atoms with Crippen LogP contribution in [-0.4, -0.2) is 50.4 Å². The Kier molecular flexibility index (Phi) is 3.31. The zero-order valence-corrected chi connectivity index (χ0v) is 12.8. The molecule has 2 aromatic rings. The molecule has 22 heavy (non-hydrogen) atoms. The van der Waals surface area contributed by atoms with Crippen molar-refractivity contribution in [1.82, 2.24) is 19.5 Å². The van der Waals surface area contributed by atoms with Crippen molar-refractivity contribution in [3.63, 3.8) is 0 Å². The Morgan fingerprint density at radius 1 is 1.36 bits per heavy atom. The van der Waals surface area contributed by atoms with Gasteiger partial charge in [-0.1, -0.05) is 0 Å². The molecular formula is C14H19N5O3. The molecule has 8 nitrogen and oxygen atoms in total. The molecule has 1 saturated heterocycles. The van der Waals surface area contributed by atoms with Gasteiger partial charge in [0.25, 0.3) is 0 Å². The highest BCUT2D eigenvalue weighted by Crippen LogP contribution is 2.21. The second-order valence-corrected chi connectivity index (χ2v) is 6.26. The maximum Gasteiger partial charge on any atom is 0.410 e. The smallest absolute Gasteiger partial charge is 0.410 e. The molecule has 0 spiro atoms. The highest BCUT2D eigenvalue weighted by molar-refractivity contribution is 5.69. The fourth-order valence-corrected chi connectivity index (χ4v) is 2.13. The Labute approximate surface area is 127 Å². The molecule has 1 aliphatic rings. The molecular weight excluding hydrogens is 286 g/mol. The van der Waals surface area contributed by atoms with Crippen LogP contribution < -0.4 is 10.5 Å². The minimum absolute atomic E-state index is 0.0502. The van der Waals surface area contributed by atoms with Crippen LogP contribution in [0.4, 0.5) is 10.7 Å². The summed E-state index contributed by atoms with van der Waals surface area (Å²) in [5.41, 5.74) is 5.72. The Hall–Kier alpha value is -2.51. The molecule has 2 aromatic heterocycles. The molecule has 0 bridgehead atoms. The normalized spacial score (nSPS) is 15.7. The molecule has 1 aliphatic heterocycles. The van der Waals surface area contributed by atoms with E-state index >= 15 is 0 Å². The number of rotatable bonds is 2. The number of hydrogen-bond acceptors (Lipinski definition) is 6. The molecule has 0 atom stereocenters. The number of nitrogen functional groups attached to an aromatic ring is 1. The van der Waals surface area contributed by atoms with Crippen molar-refractivity contribution in [2.45, 2.75) is 32.5 Å². The second-order valence-electron chi connectivity index (χ2n) is 6.26. The van der Waals surface area contributed by atoms with Gasteiger partial charge in [-0.15, -0.1) is 5.10 Å². The number of pyridine rings is 1. The van der Waals surface area contributed by atoms with Crippen molar-refractivity contribution in [2.75, 3.05) is 18.8 Å². The van der Waals surface area contributed by atoms with Crippen molar-refractivity contribution in [1.29, 1.82) is 0 Å². The van der Waals surface area contributed by atoms with E-state index < -0.39 is 5.60 Å². The van der Waals surface area contributed by atoms with Crippen LogP contribution in [0, 0.1) is 0 Å². The molecule has 3 heterocycles. The van der Waals surface area contributed by atoms with Gasteiger partial charge in [-0.2, -0.15) is 4.98 Å². The third kappa shape index (κ3) is 3.05. The highest BCUT2D eigenvalue weighted by atomic mass is 16.6. The molecule has 8 heteroatoms. The lowest BCUT2D eigenvalue weighted by atomic mass is 10.1. The Morgan fingerprint density at radius 2 is 2.09 bits per heavy atom. The van der Waals surface area contributed by atoms with Gasteiger partial charge in [0.15, 0.2) is 5.65 Å². The predicted molar refractivity (Wildman–Crippen MR) is 79.6 cm³/mol. The topological polar surface area (TPSA) is 95.0 Å². The van der Waals surface area contributed by atoms with Crippen LogP contribution in [0.5, 0.6) is 5.75 Å². The van der Waals surface area contributed by atoms with E-state index in [-0.39, 0.29) is 18.1 Å². The second kappa shape index (κ2) is 5.04. The van der Waals surface area contributed by atoms with E-state index in [4.69, 9.17) is 15.2 Å². The fraction of sp³-hybridized carbons (Fsp3) is 0.500. The Bertz CT molecular complexity index is 700. The average molecular weight is 305 g/mol. The van der Waals surface area contributed by atoms with Crippen LogP contribution in [0.3, 0.4) is 0 Å². The van der Waals surface area contributed by atoms with Crippen LogP contribution in [-0.2, 0) is 4.74 Å². The number of likely N-dealkylation sites (tertiary alicyclic amines) is 1. The first-order valence-corrected chi connectivity index (χ1v) is 7.07. The van der Waals surface area contributed by atoms with Crippen LogP contribution in [0.1, 0.15) is 20.8 Å². The predicted octanol–water partition coefficient (Wildman–Crippen LogP) is 1.31. The van der Waals surface area contributed by atoms with E-state index in [1.807, 2.05) is 20.8 Å². The maximum absolute atomic E-state index is 11.8. The molecule has 0 aliphatic carbocycles. The molecule has 2 N–H and O–H groups in total. The highest BCUT2D eigenvalue weighted by Gasteiger charge is 2.35. The zero-order chi connectivity index (χ0) is 15.9. The van der Waals surface area contributed by atoms with Crippen molar-refractivity contribution in [2.24, 2.45) is 0 Å². The number of nitrogens with two attached hydrogens (primary N) is 1. The number of amides is 1. The van der Waals surface area contributed by atoms with Gasteiger partial charge in [0.1, 0.15) is 17.5 Å². The number of nitrogens with zero attached hydrogens (tertiary/aromatic N) is 4. The van der Waals surface area contributed by atoms with Gasteiger partial charge in [-0.25, -0.2) is 9.31 Å².